The average Bonchev–Trinajstić information content (AvgIpc) is 3.26. The molecule has 27 heavy (non-hydrogen) atoms. The summed E-state index contributed by atoms with van der Waals surface area (Å²) in [7, 11) is 0. The summed E-state index contributed by atoms with van der Waals surface area (Å²) in [5.74, 6) is 0.276. The van der Waals surface area contributed by atoms with Crippen LogP contribution in [-0.2, 0) is 20.9 Å². The van der Waals surface area contributed by atoms with Gasteiger partial charge in [-0.25, -0.2) is 0 Å². The first-order chi connectivity index (χ1) is 12.8. The van der Waals surface area contributed by atoms with Gasteiger partial charge in [0.05, 0.1) is 5.92 Å². The zero-order chi connectivity index (χ0) is 19.6. The molecule has 0 saturated carbocycles. The van der Waals surface area contributed by atoms with E-state index in [1.165, 1.54) is 5.56 Å². The molecule has 3 rings (SSSR count). The zero-order valence-electron chi connectivity index (χ0n) is 16.1. The van der Waals surface area contributed by atoms with Gasteiger partial charge in [-0.15, -0.1) is 0 Å². The van der Waals surface area contributed by atoms with Crippen LogP contribution in [0.2, 0.25) is 0 Å². The van der Waals surface area contributed by atoms with Crippen molar-refractivity contribution in [2.45, 2.75) is 52.7 Å². The maximum atomic E-state index is 12.2. The second-order valence-electron chi connectivity index (χ2n) is 7.44. The molecule has 1 fully saturated rings. The van der Waals surface area contributed by atoms with E-state index in [1.807, 2.05) is 38.1 Å². The quantitative estimate of drug-likeness (QED) is 0.725. The smallest absolute Gasteiger partial charge is 0.311 e. The van der Waals surface area contributed by atoms with Crippen LogP contribution in [0.25, 0.3) is 11.4 Å². The number of aromatic nitrogens is 2. The number of nitrogens with zero attached hydrogens (tertiary/aromatic N) is 3. The van der Waals surface area contributed by atoms with Crippen LogP contribution in [0.3, 0.4) is 0 Å². The Morgan fingerprint density at radius 3 is 2.56 bits per heavy atom. The zero-order valence-corrected chi connectivity index (χ0v) is 16.1. The molecule has 0 N–H and O–H groups in total. The first kappa shape index (κ1) is 19.1. The highest BCUT2D eigenvalue weighted by Gasteiger charge is 2.36. The molecule has 1 saturated heterocycles. The van der Waals surface area contributed by atoms with Gasteiger partial charge in [0.15, 0.2) is 6.61 Å². The van der Waals surface area contributed by atoms with E-state index in [-0.39, 0.29) is 30.9 Å². The molecule has 1 aromatic carbocycles. The number of hydrogen-bond acceptors (Lipinski definition) is 6. The third-order valence-corrected chi connectivity index (χ3v) is 4.76. The molecular formula is C20H25N3O4. The van der Waals surface area contributed by atoms with Crippen LogP contribution >= 0.6 is 0 Å². The van der Waals surface area contributed by atoms with Crippen molar-refractivity contribution in [3.05, 3.63) is 35.7 Å². The molecule has 1 unspecified atom stereocenters. The van der Waals surface area contributed by atoms with Crippen molar-refractivity contribution < 1.29 is 18.8 Å². The fourth-order valence-corrected chi connectivity index (χ4v) is 3.09. The van der Waals surface area contributed by atoms with Crippen molar-refractivity contribution in [2.24, 2.45) is 5.92 Å². The molecule has 0 radical (unpaired) electrons. The van der Waals surface area contributed by atoms with E-state index in [4.69, 9.17) is 9.26 Å². The van der Waals surface area contributed by atoms with E-state index in [2.05, 4.69) is 24.0 Å². The average molecular weight is 371 g/mol. The summed E-state index contributed by atoms with van der Waals surface area (Å²) in [6.07, 6.45) is 0.189. The summed E-state index contributed by atoms with van der Waals surface area (Å²) in [6.45, 7) is 8.43. The highest BCUT2D eigenvalue weighted by atomic mass is 16.6. The molecular weight excluding hydrogens is 346 g/mol. The number of rotatable bonds is 6. The SMILES string of the molecule is CC(C)c1ccc(-c2noc(COC(=O)C3CC(=O)N(C(C)C)C3)n2)cc1. The highest BCUT2D eigenvalue weighted by molar-refractivity contribution is 5.86. The molecule has 2 aromatic rings. The Bertz CT molecular complexity index is 811. The van der Waals surface area contributed by atoms with Crippen molar-refractivity contribution in [1.82, 2.24) is 15.0 Å². The Morgan fingerprint density at radius 1 is 1.26 bits per heavy atom. The van der Waals surface area contributed by atoms with E-state index in [1.54, 1.807) is 4.90 Å². The lowest BCUT2D eigenvalue weighted by Crippen LogP contribution is -2.33. The van der Waals surface area contributed by atoms with E-state index in [0.717, 1.165) is 5.56 Å². The van der Waals surface area contributed by atoms with Gasteiger partial charge in [0.1, 0.15) is 0 Å². The molecule has 0 spiro atoms. The van der Waals surface area contributed by atoms with Crippen molar-refractivity contribution in [3.63, 3.8) is 0 Å². The van der Waals surface area contributed by atoms with Crippen molar-refractivity contribution in [3.8, 4) is 11.4 Å². The Labute approximate surface area is 158 Å². The first-order valence-corrected chi connectivity index (χ1v) is 9.24. The lowest BCUT2D eigenvalue weighted by atomic mass is 10.0. The van der Waals surface area contributed by atoms with Gasteiger partial charge in [-0.2, -0.15) is 4.98 Å². The number of ether oxygens (including phenoxy) is 1. The third-order valence-electron chi connectivity index (χ3n) is 4.76. The number of amides is 1. The first-order valence-electron chi connectivity index (χ1n) is 9.24. The summed E-state index contributed by atoms with van der Waals surface area (Å²) in [5.41, 5.74) is 2.08. The minimum absolute atomic E-state index is 0.0168. The molecule has 144 valence electrons. The van der Waals surface area contributed by atoms with Crippen LogP contribution in [0.1, 0.15) is 51.5 Å². The summed E-state index contributed by atoms with van der Waals surface area (Å²) in [6, 6.07) is 8.04. The van der Waals surface area contributed by atoms with Crippen molar-refractivity contribution in [1.29, 1.82) is 0 Å². The summed E-state index contributed by atoms with van der Waals surface area (Å²) in [4.78, 5) is 30.1. The van der Waals surface area contributed by atoms with Crippen LogP contribution < -0.4 is 0 Å². The van der Waals surface area contributed by atoms with E-state index < -0.39 is 11.9 Å². The number of esters is 1. The predicted octanol–water partition coefficient (Wildman–Crippen LogP) is 3.16. The van der Waals surface area contributed by atoms with E-state index >= 15 is 0 Å². The maximum Gasteiger partial charge on any atom is 0.311 e. The number of hydrogen-bond donors (Lipinski definition) is 0. The second-order valence-corrected chi connectivity index (χ2v) is 7.44. The summed E-state index contributed by atoms with van der Waals surface area (Å²) in [5, 5.41) is 3.94. The monoisotopic (exact) mass is 371 g/mol. The molecule has 1 amide bonds. The van der Waals surface area contributed by atoms with Gasteiger partial charge in [0.25, 0.3) is 5.89 Å². The van der Waals surface area contributed by atoms with Crippen LogP contribution in [0.5, 0.6) is 0 Å². The van der Waals surface area contributed by atoms with Gasteiger partial charge in [-0.1, -0.05) is 43.3 Å². The maximum absolute atomic E-state index is 12.2. The number of carbonyl (C=O) groups excluding carboxylic acids is 2. The van der Waals surface area contributed by atoms with Crippen molar-refractivity contribution >= 4 is 11.9 Å². The molecule has 7 nitrogen and oxygen atoms in total. The topological polar surface area (TPSA) is 85.5 Å². The predicted molar refractivity (Wildman–Crippen MR) is 98.6 cm³/mol. The number of carbonyl (C=O) groups is 2. The molecule has 1 aliphatic heterocycles. The second kappa shape index (κ2) is 7.90. The van der Waals surface area contributed by atoms with E-state index in [0.29, 0.717) is 18.3 Å². The standard InChI is InChI=1S/C20H25N3O4/c1-12(2)14-5-7-15(8-6-14)19-21-17(27-22-19)11-26-20(25)16-9-18(24)23(10-16)13(3)4/h5-8,12-13,16H,9-11H2,1-4H3. The number of benzene rings is 1. The molecule has 7 heteroatoms. The largest absolute Gasteiger partial charge is 0.455 e. The fraction of sp³-hybridized carbons (Fsp3) is 0.500. The Balaban J connectivity index is 1.57. The van der Waals surface area contributed by atoms with Gasteiger partial charge < -0.3 is 14.2 Å². The van der Waals surface area contributed by atoms with Crippen LogP contribution in [0.15, 0.2) is 28.8 Å². The fourth-order valence-electron chi connectivity index (χ4n) is 3.09. The number of likely N-dealkylation sites (tertiary alicyclic amines) is 1. The van der Waals surface area contributed by atoms with Crippen LogP contribution in [0.4, 0.5) is 0 Å². The lowest BCUT2D eigenvalue weighted by molar-refractivity contribution is -0.150. The van der Waals surface area contributed by atoms with Gasteiger partial charge in [0.2, 0.25) is 11.7 Å². The minimum atomic E-state index is -0.439. The lowest BCUT2D eigenvalue weighted by Gasteiger charge is -2.20. The molecule has 2 heterocycles. The van der Waals surface area contributed by atoms with Gasteiger partial charge in [-0.3, -0.25) is 9.59 Å². The molecule has 0 aliphatic carbocycles. The summed E-state index contributed by atoms with van der Waals surface area (Å²) < 4.78 is 10.4. The van der Waals surface area contributed by atoms with Crippen LogP contribution in [-0.4, -0.2) is 39.5 Å². The molecule has 0 bridgehead atoms. The molecule has 1 atom stereocenters. The van der Waals surface area contributed by atoms with Gasteiger partial charge in [0, 0.05) is 24.6 Å². The van der Waals surface area contributed by atoms with Gasteiger partial charge in [-0.05, 0) is 25.3 Å². The van der Waals surface area contributed by atoms with Crippen LogP contribution in [0, 0.1) is 5.92 Å². The third kappa shape index (κ3) is 4.35. The van der Waals surface area contributed by atoms with Gasteiger partial charge >= 0.3 is 5.97 Å². The van der Waals surface area contributed by atoms with E-state index in [9.17, 15) is 9.59 Å². The Kier molecular flexibility index (Phi) is 5.58. The minimum Gasteiger partial charge on any atom is -0.455 e. The molecule has 1 aromatic heterocycles. The Hall–Kier alpha value is -2.70. The normalized spacial score (nSPS) is 17.2. The molecule has 1 aliphatic rings. The highest BCUT2D eigenvalue weighted by Crippen LogP contribution is 2.23. The Morgan fingerprint density at radius 2 is 1.96 bits per heavy atom. The summed E-state index contributed by atoms with van der Waals surface area (Å²) >= 11 is 0. The van der Waals surface area contributed by atoms with Crippen molar-refractivity contribution in [2.75, 3.05) is 6.54 Å².